The van der Waals surface area contributed by atoms with Crippen molar-refractivity contribution in [3.8, 4) is 0 Å². The Morgan fingerprint density at radius 2 is 1.40 bits per heavy atom. The van der Waals surface area contributed by atoms with Gasteiger partial charge in [-0.25, -0.2) is 0 Å². The van der Waals surface area contributed by atoms with Crippen molar-refractivity contribution in [2.75, 3.05) is 0 Å². The maximum atomic E-state index is 11.3. The molecule has 0 bridgehead atoms. The first kappa shape index (κ1) is 17.3. The monoisotopic (exact) mass is 366 g/mol. The number of halogens is 9. The zero-order chi connectivity index (χ0) is 12.7. The zero-order valence-electron chi connectivity index (χ0n) is 6.63. The zero-order valence-corrected chi connectivity index (χ0v) is 9.81. The number of hydrogen-bond acceptors (Lipinski definition) is 0. The second-order valence-electron chi connectivity index (χ2n) is 1.81. The molecule has 0 aromatic carbocycles. The summed E-state index contributed by atoms with van der Waals surface area (Å²) in [5, 5.41) is 0. The fraction of sp³-hybridized carbons (Fsp3) is 0.333. The molecule has 0 aromatic heterocycles. The molecule has 0 spiro atoms. The smallest absolute Gasteiger partial charge is 0.189 e. The first-order valence-corrected chi connectivity index (χ1v) is 4.64. The Hall–Kier alpha value is -0.0500. The molecule has 0 saturated carbocycles. The van der Waals surface area contributed by atoms with Gasteiger partial charge in [-0.2, -0.15) is 30.7 Å². The van der Waals surface area contributed by atoms with Gasteiger partial charge in [0.05, 0.1) is 6.08 Å². The molecule has 0 aliphatic carbocycles. The molecule has 15 heavy (non-hydrogen) atoms. The standard InChI is InChI=1S/C3HBrF4.C3H2BrF3/c4-3(7,8)1-2(5)6;4-2-1-3(5,6)7/h1H;1-2H. The molecule has 0 amide bonds. The van der Waals surface area contributed by atoms with Crippen molar-refractivity contribution in [3.63, 3.8) is 0 Å². The third-order valence-corrected chi connectivity index (χ3v) is 1.02. The van der Waals surface area contributed by atoms with Gasteiger partial charge in [0, 0.05) is 6.08 Å². The van der Waals surface area contributed by atoms with Crippen LogP contribution in [-0.2, 0) is 0 Å². The number of rotatable bonds is 1. The van der Waals surface area contributed by atoms with Crippen molar-refractivity contribution in [1.82, 2.24) is 0 Å². The van der Waals surface area contributed by atoms with E-state index in [1.165, 1.54) is 0 Å². The molecule has 0 aliphatic rings. The number of hydrogen-bond donors (Lipinski definition) is 0. The second kappa shape index (κ2) is 7.26. The molecule has 0 N–H and O–H groups in total. The van der Waals surface area contributed by atoms with Crippen LogP contribution >= 0.6 is 31.9 Å². The van der Waals surface area contributed by atoms with Crippen LogP contribution in [0, 0.1) is 0 Å². The van der Waals surface area contributed by atoms with E-state index in [1.54, 1.807) is 15.9 Å². The summed E-state index contributed by atoms with van der Waals surface area (Å²) >= 11 is 4.17. The maximum Gasteiger partial charge on any atom is 0.410 e. The minimum absolute atomic E-state index is 0.104. The van der Waals surface area contributed by atoms with Gasteiger partial charge in [-0.15, -0.1) is 0 Å². The Bertz CT molecular complexity index is 221. The molecule has 0 heterocycles. The lowest BCUT2D eigenvalue weighted by molar-refractivity contribution is -0.0796. The molecule has 0 saturated heterocycles. The topological polar surface area (TPSA) is 0 Å². The van der Waals surface area contributed by atoms with E-state index >= 15 is 0 Å². The van der Waals surface area contributed by atoms with Crippen LogP contribution in [0.15, 0.2) is 23.2 Å². The molecule has 0 nitrogen and oxygen atoms in total. The molecule has 0 atom stereocenters. The maximum absolute atomic E-state index is 11.3. The molecule has 0 unspecified atom stereocenters. The van der Waals surface area contributed by atoms with Crippen LogP contribution in [0.25, 0.3) is 0 Å². The van der Waals surface area contributed by atoms with Crippen LogP contribution in [0.5, 0.6) is 0 Å². The van der Waals surface area contributed by atoms with Crippen LogP contribution in [0.3, 0.4) is 0 Å². The minimum Gasteiger partial charge on any atom is -0.189 e. The van der Waals surface area contributed by atoms with Gasteiger partial charge in [0.15, 0.2) is 0 Å². The lowest BCUT2D eigenvalue weighted by Crippen LogP contribution is -1.99. The predicted molar refractivity (Wildman–Crippen MR) is 48.3 cm³/mol. The van der Waals surface area contributed by atoms with Gasteiger partial charge in [-0.05, 0) is 20.9 Å². The highest BCUT2D eigenvalue weighted by atomic mass is 79.9. The van der Waals surface area contributed by atoms with Gasteiger partial charge < -0.3 is 0 Å². The summed E-state index contributed by atoms with van der Waals surface area (Å²) in [6.45, 7) is 0. The average molecular weight is 368 g/mol. The third-order valence-electron chi connectivity index (χ3n) is 0.525. The third kappa shape index (κ3) is 24.9. The number of alkyl halides is 6. The van der Waals surface area contributed by atoms with Gasteiger partial charge in [-0.3, -0.25) is 0 Å². The Morgan fingerprint density at radius 1 is 1.00 bits per heavy atom. The Morgan fingerprint density at radius 3 is 1.40 bits per heavy atom. The molecule has 0 aliphatic heterocycles. The van der Waals surface area contributed by atoms with Crippen LogP contribution in [0.4, 0.5) is 30.7 Å². The molecule has 0 aromatic rings. The van der Waals surface area contributed by atoms with Gasteiger partial charge in [0.1, 0.15) is 0 Å². The van der Waals surface area contributed by atoms with Gasteiger partial charge in [0.2, 0.25) is 0 Å². The molecular weight excluding hydrogens is 365 g/mol. The van der Waals surface area contributed by atoms with Crippen LogP contribution in [-0.4, -0.2) is 11.0 Å². The Balaban J connectivity index is 0. The quantitative estimate of drug-likeness (QED) is 0.440. The normalized spacial score (nSPS) is 12.1. The SMILES string of the molecule is FC(F)(F)C=CBr.FC(F)=CC(F)(F)Br. The van der Waals surface area contributed by atoms with Crippen molar-refractivity contribution in [1.29, 1.82) is 0 Å². The second-order valence-corrected chi connectivity index (χ2v) is 3.40. The van der Waals surface area contributed by atoms with Crippen molar-refractivity contribution in [2.24, 2.45) is 0 Å². The highest BCUT2D eigenvalue weighted by Gasteiger charge is 2.21. The summed E-state index contributed by atoms with van der Waals surface area (Å²) < 4.78 is 77.2. The largest absolute Gasteiger partial charge is 0.410 e. The van der Waals surface area contributed by atoms with Gasteiger partial charge in [-0.1, -0.05) is 15.9 Å². The molecular formula is C6H3Br2F7. The fourth-order valence-electron chi connectivity index (χ4n) is 0.195. The van der Waals surface area contributed by atoms with E-state index in [4.69, 9.17) is 0 Å². The predicted octanol–water partition coefficient (Wildman–Crippen LogP) is 5.21. The highest BCUT2D eigenvalue weighted by molar-refractivity contribution is 9.11. The van der Waals surface area contributed by atoms with Crippen molar-refractivity contribution < 1.29 is 30.7 Å². The van der Waals surface area contributed by atoms with Crippen molar-refractivity contribution in [3.05, 3.63) is 23.2 Å². The molecule has 90 valence electrons. The van der Waals surface area contributed by atoms with E-state index in [0.29, 0.717) is 0 Å². The van der Waals surface area contributed by atoms with Crippen LogP contribution in [0.2, 0.25) is 0 Å². The first-order chi connectivity index (χ1) is 6.48. The van der Waals surface area contributed by atoms with Crippen molar-refractivity contribution in [2.45, 2.75) is 11.0 Å². The summed E-state index contributed by atoms with van der Waals surface area (Å²) in [4.78, 5) is -2.81. The molecule has 0 radical (unpaired) electrons. The molecule has 9 heteroatoms. The van der Waals surface area contributed by atoms with E-state index in [0.717, 1.165) is 4.99 Å². The minimum atomic E-state index is -4.18. The van der Waals surface area contributed by atoms with E-state index in [-0.39, 0.29) is 6.08 Å². The summed E-state index contributed by atoms with van der Waals surface area (Å²) in [7, 11) is 0. The summed E-state index contributed by atoms with van der Waals surface area (Å²) in [5.41, 5.74) is 0. The van der Waals surface area contributed by atoms with E-state index in [2.05, 4.69) is 15.9 Å². The molecule has 0 fully saturated rings. The summed E-state index contributed by atoms with van der Waals surface area (Å²) in [5.74, 6) is 0. The first-order valence-electron chi connectivity index (χ1n) is 2.93. The van der Waals surface area contributed by atoms with Crippen LogP contribution in [0.1, 0.15) is 0 Å². The lowest BCUT2D eigenvalue weighted by atomic mass is 10.6. The number of allylic oxidation sites excluding steroid dienone is 2. The Kier molecular flexibility index (Phi) is 8.40. The van der Waals surface area contributed by atoms with Gasteiger partial charge >= 0.3 is 11.0 Å². The summed E-state index contributed by atoms with van der Waals surface area (Å²) in [6, 6.07) is 0. The lowest BCUT2D eigenvalue weighted by Gasteiger charge is -1.96. The van der Waals surface area contributed by atoms with E-state index < -0.39 is 23.2 Å². The fourth-order valence-corrected chi connectivity index (χ4v) is 0.668. The van der Waals surface area contributed by atoms with E-state index in [9.17, 15) is 30.7 Å². The van der Waals surface area contributed by atoms with Crippen LogP contribution < -0.4 is 0 Å². The Labute approximate surface area is 97.1 Å². The van der Waals surface area contributed by atoms with Crippen molar-refractivity contribution >= 4 is 31.9 Å². The summed E-state index contributed by atoms with van der Waals surface area (Å²) in [6.07, 6.45) is -6.95. The average Bonchev–Trinajstić information content (AvgIpc) is 1.77. The highest BCUT2D eigenvalue weighted by Crippen LogP contribution is 2.25. The molecule has 0 rings (SSSR count). The van der Waals surface area contributed by atoms with E-state index in [1.807, 2.05) is 0 Å². The van der Waals surface area contributed by atoms with Gasteiger partial charge in [0.25, 0.3) is 6.08 Å².